The summed E-state index contributed by atoms with van der Waals surface area (Å²) >= 11 is 0. The maximum atomic E-state index is 12.9. The fourth-order valence-electron chi connectivity index (χ4n) is 4.92. The van der Waals surface area contributed by atoms with E-state index >= 15 is 0 Å². The zero-order valence-corrected chi connectivity index (χ0v) is 14.6. The number of carbonyl (C=O) groups is 1. The van der Waals surface area contributed by atoms with Crippen molar-refractivity contribution in [2.24, 2.45) is 5.92 Å². The number of benzene rings is 1. The summed E-state index contributed by atoms with van der Waals surface area (Å²) in [4.78, 5) is 17.4. The predicted molar refractivity (Wildman–Crippen MR) is 95.7 cm³/mol. The molecule has 3 aliphatic rings. The number of morpholine rings is 1. The number of carbonyl (C=O) groups excluding carboxylic acids is 1. The molecule has 2 fully saturated rings. The highest BCUT2D eigenvalue weighted by molar-refractivity contribution is 5.94. The van der Waals surface area contributed by atoms with E-state index in [0.29, 0.717) is 23.4 Å². The Bertz CT molecular complexity index is 806. The van der Waals surface area contributed by atoms with E-state index in [2.05, 4.69) is 39.4 Å². The van der Waals surface area contributed by atoms with Gasteiger partial charge in [0.2, 0.25) is 0 Å². The van der Waals surface area contributed by atoms with Gasteiger partial charge in [0.25, 0.3) is 5.91 Å². The number of likely N-dealkylation sites (tertiary alicyclic amines) is 1. The Morgan fingerprint density at radius 2 is 1.85 bits per heavy atom. The van der Waals surface area contributed by atoms with Gasteiger partial charge in [-0.25, -0.2) is 0 Å². The van der Waals surface area contributed by atoms with Crippen molar-refractivity contribution < 1.29 is 9.53 Å². The molecule has 2 aliphatic heterocycles. The molecular weight excluding hydrogens is 328 g/mol. The topological polar surface area (TPSA) is 58.6 Å². The van der Waals surface area contributed by atoms with Gasteiger partial charge in [-0.1, -0.05) is 24.3 Å². The normalized spacial score (nSPS) is 28.0. The molecule has 3 heterocycles. The molecule has 6 heteroatoms. The van der Waals surface area contributed by atoms with Crippen molar-refractivity contribution in [2.45, 2.75) is 12.0 Å². The van der Waals surface area contributed by atoms with Crippen molar-refractivity contribution in [2.75, 3.05) is 39.4 Å². The van der Waals surface area contributed by atoms with E-state index in [1.54, 1.807) is 18.5 Å². The number of rotatable bonds is 2. The summed E-state index contributed by atoms with van der Waals surface area (Å²) in [6.07, 6.45) is 3.14. The molecule has 6 nitrogen and oxygen atoms in total. The van der Waals surface area contributed by atoms with Gasteiger partial charge in [-0.2, -0.15) is 10.2 Å². The minimum absolute atomic E-state index is 0.0625. The molecule has 2 saturated heterocycles. The first-order valence-electron chi connectivity index (χ1n) is 9.29. The van der Waals surface area contributed by atoms with E-state index in [1.165, 1.54) is 11.1 Å². The monoisotopic (exact) mass is 350 g/mol. The first-order chi connectivity index (χ1) is 12.8. The maximum absolute atomic E-state index is 12.9. The second kappa shape index (κ2) is 6.45. The van der Waals surface area contributed by atoms with Crippen LogP contribution < -0.4 is 0 Å². The zero-order valence-electron chi connectivity index (χ0n) is 14.6. The Labute approximate surface area is 152 Å². The Morgan fingerprint density at radius 1 is 1.04 bits per heavy atom. The Hall–Kier alpha value is -2.31. The number of fused-ring (bicyclic) bond motifs is 3. The second-order valence-electron chi connectivity index (χ2n) is 7.33. The van der Waals surface area contributed by atoms with Gasteiger partial charge in [-0.05, 0) is 17.2 Å². The summed E-state index contributed by atoms with van der Waals surface area (Å²) in [5, 5.41) is 7.63. The SMILES string of the molecule is O=C(c1ccnnc1)N1C[C@H]2[C@@H](C1)c1ccccc1[C@@H]2N1CCOCC1. The first kappa shape index (κ1) is 15.9. The minimum Gasteiger partial charge on any atom is -0.379 e. The molecule has 134 valence electrons. The van der Waals surface area contributed by atoms with Gasteiger partial charge >= 0.3 is 0 Å². The van der Waals surface area contributed by atoms with E-state index in [0.717, 1.165) is 39.4 Å². The fourth-order valence-corrected chi connectivity index (χ4v) is 4.92. The van der Waals surface area contributed by atoms with E-state index < -0.39 is 0 Å². The highest BCUT2D eigenvalue weighted by atomic mass is 16.5. The second-order valence-corrected chi connectivity index (χ2v) is 7.33. The van der Waals surface area contributed by atoms with Crippen LogP contribution in [0.4, 0.5) is 0 Å². The van der Waals surface area contributed by atoms with Crippen molar-refractivity contribution >= 4 is 5.91 Å². The summed E-state index contributed by atoms with van der Waals surface area (Å²) in [7, 11) is 0. The van der Waals surface area contributed by atoms with Crippen molar-refractivity contribution in [3.05, 3.63) is 59.4 Å². The van der Waals surface area contributed by atoms with Gasteiger partial charge in [-0.3, -0.25) is 9.69 Å². The molecule has 1 amide bonds. The Balaban J connectivity index is 1.45. The molecule has 0 saturated carbocycles. The highest BCUT2D eigenvalue weighted by Crippen LogP contribution is 2.51. The summed E-state index contributed by atoms with van der Waals surface area (Å²) < 4.78 is 5.56. The number of amides is 1. The van der Waals surface area contributed by atoms with E-state index in [4.69, 9.17) is 4.74 Å². The van der Waals surface area contributed by atoms with Gasteiger partial charge < -0.3 is 9.64 Å². The lowest BCUT2D eigenvalue weighted by molar-refractivity contribution is 0.00482. The average Bonchev–Trinajstić information content (AvgIpc) is 3.26. The van der Waals surface area contributed by atoms with Gasteiger partial charge in [-0.15, -0.1) is 0 Å². The van der Waals surface area contributed by atoms with Crippen LogP contribution in [-0.4, -0.2) is 65.3 Å². The molecule has 2 aromatic rings. The molecule has 0 N–H and O–H groups in total. The molecule has 3 atom stereocenters. The lowest BCUT2D eigenvalue weighted by atomic mass is 9.93. The van der Waals surface area contributed by atoms with Gasteiger partial charge in [0, 0.05) is 44.1 Å². The highest BCUT2D eigenvalue weighted by Gasteiger charge is 2.49. The third-order valence-electron chi connectivity index (χ3n) is 6.04. The van der Waals surface area contributed by atoms with Crippen LogP contribution in [0, 0.1) is 5.92 Å². The van der Waals surface area contributed by atoms with E-state index in [9.17, 15) is 4.79 Å². The lowest BCUT2D eigenvalue weighted by Gasteiger charge is -2.36. The minimum atomic E-state index is 0.0625. The number of hydrogen-bond acceptors (Lipinski definition) is 5. The van der Waals surface area contributed by atoms with E-state index in [-0.39, 0.29) is 5.91 Å². The van der Waals surface area contributed by atoms with Crippen molar-refractivity contribution in [3.63, 3.8) is 0 Å². The number of nitrogens with zero attached hydrogens (tertiary/aromatic N) is 4. The summed E-state index contributed by atoms with van der Waals surface area (Å²) in [6.45, 7) is 5.09. The van der Waals surface area contributed by atoms with Crippen LogP contribution in [0.15, 0.2) is 42.7 Å². The quantitative estimate of drug-likeness (QED) is 0.825. The van der Waals surface area contributed by atoms with Gasteiger partial charge in [0.15, 0.2) is 0 Å². The molecule has 0 unspecified atom stereocenters. The van der Waals surface area contributed by atoms with Crippen LogP contribution in [0.2, 0.25) is 0 Å². The molecule has 26 heavy (non-hydrogen) atoms. The lowest BCUT2D eigenvalue weighted by Crippen LogP contribution is -2.42. The molecule has 0 bridgehead atoms. The third-order valence-corrected chi connectivity index (χ3v) is 6.04. The Kier molecular flexibility index (Phi) is 3.94. The van der Waals surface area contributed by atoms with Crippen molar-refractivity contribution in [3.8, 4) is 0 Å². The molecule has 5 rings (SSSR count). The molecule has 1 aliphatic carbocycles. The third kappa shape index (κ3) is 2.52. The largest absolute Gasteiger partial charge is 0.379 e. The van der Waals surface area contributed by atoms with Crippen LogP contribution in [0.25, 0.3) is 0 Å². The molecule has 0 radical (unpaired) electrons. The zero-order chi connectivity index (χ0) is 17.5. The van der Waals surface area contributed by atoms with Crippen LogP contribution in [0.5, 0.6) is 0 Å². The number of ether oxygens (including phenoxy) is 1. The number of aromatic nitrogens is 2. The van der Waals surface area contributed by atoms with Gasteiger partial charge in [0.05, 0.1) is 31.2 Å². The van der Waals surface area contributed by atoms with Crippen molar-refractivity contribution in [1.82, 2.24) is 20.0 Å². The molecular formula is C20H22N4O2. The molecule has 0 spiro atoms. The van der Waals surface area contributed by atoms with Crippen LogP contribution in [-0.2, 0) is 4.74 Å². The standard InChI is InChI=1S/C20H22N4O2/c25-20(14-5-6-21-22-11-14)24-12-17-15-3-1-2-4-16(15)19(18(17)13-24)23-7-9-26-10-8-23/h1-6,11,17-19H,7-10,12-13H2/t17-,18-,19-/m0/s1. The van der Waals surface area contributed by atoms with Crippen molar-refractivity contribution in [1.29, 1.82) is 0 Å². The summed E-state index contributed by atoms with van der Waals surface area (Å²) in [5.74, 6) is 0.926. The smallest absolute Gasteiger partial charge is 0.255 e. The molecule has 1 aromatic heterocycles. The van der Waals surface area contributed by atoms with Gasteiger partial charge in [0.1, 0.15) is 0 Å². The summed E-state index contributed by atoms with van der Waals surface area (Å²) in [5.41, 5.74) is 3.48. The Morgan fingerprint density at radius 3 is 2.62 bits per heavy atom. The van der Waals surface area contributed by atoms with E-state index in [1.807, 2.05) is 4.90 Å². The maximum Gasteiger partial charge on any atom is 0.255 e. The first-order valence-corrected chi connectivity index (χ1v) is 9.29. The fraction of sp³-hybridized carbons (Fsp3) is 0.450. The average molecular weight is 350 g/mol. The predicted octanol–water partition coefficient (Wildman–Crippen LogP) is 1.72. The van der Waals surface area contributed by atoms with Crippen LogP contribution in [0.3, 0.4) is 0 Å². The molecule has 1 aromatic carbocycles. The van der Waals surface area contributed by atoms with Crippen LogP contribution >= 0.6 is 0 Å². The summed E-state index contributed by atoms with van der Waals surface area (Å²) in [6, 6.07) is 10.9. The van der Waals surface area contributed by atoms with Crippen LogP contribution in [0.1, 0.15) is 33.4 Å². The number of hydrogen-bond donors (Lipinski definition) is 0.